The maximum absolute atomic E-state index is 11.2. The topological polar surface area (TPSA) is 78.4 Å². The predicted molar refractivity (Wildman–Crippen MR) is 72.8 cm³/mol. The zero-order chi connectivity index (χ0) is 14.7. The van der Waals surface area contributed by atoms with E-state index in [4.69, 9.17) is 13.7 Å². The summed E-state index contributed by atoms with van der Waals surface area (Å²) in [5.41, 5.74) is 0.639. The van der Waals surface area contributed by atoms with Gasteiger partial charge in [0.15, 0.2) is 18.2 Å². The van der Waals surface area contributed by atoms with Crippen LogP contribution in [0.3, 0.4) is 0 Å². The highest BCUT2D eigenvalue weighted by molar-refractivity contribution is 5.94. The number of benzene rings is 1. The molecule has 2 heterocycles. The number of nitrogens with zero attached hydrogens (tertiary/aromatic N) is 2. The smallest absolute Gasteiger partial charge is 0.264 e. The summed E-state index contributed by atoms with van der Waals surface area (Å²) in [5.74, 6) is 1.90. The Hall–Kier alpha value is -2.89. The van der Waals surface area contributed by atoms with Crippen molar-refractivity contribution in [3.8, 4) is 17.3 Å². The molecule has 0 amide bonds. The van der Waals surface area contributed by atoms with E-state index >= 15 is 0 Å². The Morgan fingerprint density at radius 2 is 2.05 bits per heavy atom. The van der Waals surface area contributed by atoms with Crippen molar-refractivity contribution in [1.82, 2.24) is 10.1 Å². The highest BCUT2D eigenvalue weighted by Gasteiger charge is 2.11. The van der Waals surface area contributed by atoms with Crippen LogP contribution in [0.15, 0.2) is 51.6 Å². The Kier molecular flexibility index (Phi) is 3.51. The van der Waals surface area contributed by atoms with E-state index in [2.05, 4.69) is 10.1 Å². The number of carbonyl (C=O) groups excluding carboxylic acids is 1. The molecule has 0 unspecified atom stereocenters. The van der Waals surface area contributed by atoms with E-state index in [0.717, 1.165) is 0 Å². The summed E-state index contributed by atoms with van der Waals surface area (Å²) < 4.78 is 15.8. The molecule has 0 aliphatic carbocycles. The normalized spacial score (nSPS) is 10.5. The van der Waals surface area contributed by atoms with Gasteiger partial charge in [0.2, 0.25) is 5.82 Å². The third kappa shape index (κ3) is 3.00. The molecule has 0 N–H and O–H groups in total. The van der Waals surface area contributed by atoms with Crippen molar-refractivity contribution in [2.24, 2.45) is 0 Å². The number of ketones is 1. The van der Waals surface area contributed by atoms with E-state index < -0.39 is 0 Å². The van der Waals surface area contributed by atoms with E-state index in [-0.39, 0.29) is 12.4 Å². The zero-order valence-electron chi connectivity index (χ0n) is 11.3. The molecule has 0 saturated carbocycles. The van der Waals surface area contributed by atoms with Crippen LogP contribution < -0.4 is 4.74 Å². The molecule has 1 aromatic carbocycles. The van der Waals surface area contributed by atoms with Crippen LogP contribution in [0.1, 0.15) is 23.2 Å². The van der Waals surface area contributed by atoms with Crippen molar-refractivity contribution >= 4 is 5.78 Å². The number of hydrogen-bond acceptors (Lipinski definition) is 6. The highest BCUT2D eigenvalue weighted by Crippen LogP contribution is 2.17. The van der Waals surface area contributed by atoms with E-state index in [9.17, 15) is 4.79 Å². The third-order valence-corrected chi connectivity index (χ3v) is 2.83. The van der Waals surface area contributed by atoms with E-state index in [1.807, 2.05) is 0 Å². The SMILES string of the molecule is CC(=O)c1ccc(OCc2nc(-c3ccco3)no2)cc1. The first-order valence-electron chi connectivity index (χ1n) is 6.32. The van der Waals surface area contributed by atoms with Gasteiger partial charge in [-0.2, -0.15) is 4.98 Å². The van der Waals surface area contributed by atoms with Crippen LogP contribution in [0, 0.1) is 0 Å². The average Bonchev–Trinajstić information content (AvgIpc) is 3.16. The first kappa shape index (κ1) is 13.1. The van der Waals surface area contributed by atoms with Gasteiger partial charge in [-0.25, -0.2) is 0 Å². The average molecular weight is 284 g/mol. The molecular weight excluding hydrogens is 272 g/mol. The van der Waals surface area contributed by atoms with Crippen LogP contribution >= 0.6 is 0 Å². The summed E-state index contributed by atoms with van der Waals surface area (Å²) in [6.07, 6.45) is 1.54. The molecule has 106 valence electrons. The molecule has 0 saturated heterocycles. The Balaban J connectivity index is 1.64. The maximum Gasteiger partial charge on any atom is 0.264 e. The monoisotopic (exact) mass is 284 g/mol. The van der Waals surface area contributed by atoms with Gasteiger partial charge in [-0.05, 0) is 43.3 Å². The minimum atomic E-state index is 0.0153. The molecular formula is C15H12N2O4. The first-order chi connectivity index (χ1) is 10.2. The molecule has 6 nitrogen and oxygen atoms in total. The lowest BCUT2D eigenvalue weighted by molar-refractivity contribution is 0.101. The minimum absolute atomic E-state index is 0.0153. The number of Topliss-reactive ketones (excluding diaryl/α,β-unsaturated/α-hetero) is 1. The summed E-state index contributed by atoms with van der Waals surface area (Å²) >= 11 is 0. The van der Waals surface area contributed by atoms with Gasteiger partial charge in [-0.15, -0.1) is 0 Å². The Labute approximate surface area is 120 Å². The number of furan rings is 1. The molecule has 21 heavy (non-hydrogen) atoms. The lowest BCUT2D eigenvalue weighted by Gasteiger charge is -2.03. The van der Waals surface area contributed by atoms with Crippen LogP contribution in [0.5, 0.6) is 5.75 Å². The number of hydrogen-bond donors (Lipinski definition) is 0. The summed E-state index contributed by atoms with van der Waals surface area (Å²) in [4.78, 5) is 15.3. The second-order valence-corrected chi connectivity index (χ2v) is 4.36. The quantitative estimate of drug-likeness (QED) is 0.670. The summed E-state index contributed by atoms with van der Waals surface area (Å²) in [7, 11) is 0. The van der Waals surface area contributed by atoms with Crippen molar-refractivity contribution in [3.63, 3.8) is 0 Å². The Morgan fingerprint density at radius 3 is 2.71 bits per heavy atom. The number of aromatic nitrogens is 2. The fourth-order valence-corrected chi connectivity index (χ4v) is 1.75. The van der Waals surface area contributed by atoms with Gasteiger partial charge in [0, 0.05) is 5.56 Å². The van der Waals surface area contributed by atoms with E-state index in [0.29, 0.717) is 28.8 Å². The predicted octanol–water partition coefficient (Wildman–Crippen LogP) is 3.11. The largest absolute Gasteiger partial charge is 0.484 e. The van der Waals surface area contributed by atoms with E-state index in [1.165, 1.54) is 6.92 Å². The van der Waals surface area contributed by atoms with Crippen LogP contribution in [-0.4, -0.2) is 15.9 Å². The van der Waals surface area contributed by atoms with Crippen molar-refractivity contribution < 1.29 is 18.5 Å². The van der Waals surface area contributed by atoms with Crippen LogP contribution in [0.2, 0.25) is 0 Å². The zero-order valence-corrected chi connectivity index (χ0v) is 11.3. The molecule has 0 spiro atoms. The van der Waals surface area contributed by atoms with Crippen LogP contribution in [-0.2, 0) is 6.61 Å². The lowest BCUT2D eigenvalue weighted by Crippen LogP contribution is -1.97. The van der Waals surface area contributed by atoms with Gasteiger partial charge >= 0.3 is 0 Å². The molecule has 3 rings (SSSR count). The van der Waals surface area contributed by atoms with Crippen molar-refractivity contribution in [3.05, 3.63) is 54.1 Å². The standard InChI is InChI=1S/C15H12N2O4/c1-10(18)11-4-6-12(7-5-11)20-9-14-16-15(17-21-14)13-3-2-8-19-13/h2-8H,9H2,1H3. The summed E-state index contributed by atoms with van der Waals surface area (Å²) in [6.45, 7) is 1.66. The fraction of sp³-hybridized carbons (Fsp3) is 0.133. The molecule has 0 radical (unpaired) electrons. The van der Waals surface area contributed by atoms with Gasteiger partial charge in [0.05, 0.1) is 6.26 Å². The fourth-order valence-electron chi connectivity index (χ4n) is 1.75. The van der Waals surface area contributed by atoms with Gasteiger partial charge in [-0.1, -0.05) is 5.16 Å². The number of carbonyl (C=O) groups is 1. The molecule has 3 aromatic rings. The lowest BCUT2D eigenvalue weighted by atomic mass is 10.1. The second kappa shape index (κ2) is 5.62. The third-order valence-electron chi connectivity index (χ3n) is 2.83. The van der Waals surface area contributed by atoms with E-state index in [1.54, 1.807) is 42.7 Å². The van der Waals surface area contributed by atoms with Gasteiger partial charge in [-0.3, -0.25) is 4.79 Å². The van der Waals surface area contributed by atoms with Gasteiger partial charge < -0.3 is 13.7 Å². The molecule has 6 heteroatoms. The molecule has 2 aromatic heterocycles. The number of ether oxygens (including phenoxy) is 1. The molecule has 0 atom stereocenters. The molecule has 0 aliphatic heterocycles. The molecule has 0 bridgehead atoms. The van der Waals surface area contributed by atoms with Crippen molar-refractivity contribution in [2.45, 2.75) is 13.5 Å². The minimum Gasteiger partial charge on any atom is -0.484 e. The van der Waals surface area contributed by atoms with Gasteiger partial charge in [0.1, 0.15) is 5.75 Å². The van der Waals surface area contributed by atoms with Crippen LogP contribution in [0.4, 0.5) is 0 Å². The molecule has 0 fully saturated rings. The molecule has 0 aliphatic rings. The van der Waals surface area contributed by atoms with Crippen molar-refractivity contribution in [2.75, 3.05) is 0 Å². The van der Waals surface area contributed by atoms with Gasteiger partial charge in [0.25, 0.3) is 5.89 Å². The number of rotatable bonds is 5. The van der Waals surface area contributed by atoms with Crippen LogP contribution in [0.25, 0.3) is 11.6 Å². The first-order valence-corrected chi connectivity index (χ1v) is 6.32. The summed E-state index contributed by atoms with van der Waals surface area (Å²) in [6, 6.07) is 10.4. The highest BCUT2D eigenvalue weighted by atomic mass is 16.5. The second-order valence-electron chi connectivity index (χ2n) is 4.36. The summed E-state index contributed by atoms with van der Waals surface area (Å²) in [5, 5.41) is 3.80. The maximum atomic E-state index is 11.2. The Bertz CT molecular complexity index is 729. The van der Waals surface area contributed by atoms with Crippen molar-refractivity contribution in [1.29, 1.82) is 0 Å². The Morgan fingerprint density at radius 1 is 1.24 bits per heavy atom.